The van der Waals surface area contributed by atoms with Crippen LogP contribution in [-0.4, -0.2) is 15.9 Å². The number of fused-ring (bicyclic) bond motifs is 1. The van der Waals surface area contributed by atoms with Crippen LogP contribution in [0.3, 0.4) is 0 Å². The lowest BCUT2D eigenvalue weighted by Crippen LogP contribution is -2.25. The van der Waals surface area contributed by atoms with E-state index in [1.165, 1.54) is 18.3 Å². The highest BCUT2D eigenvalue weighted by atomic mass is 32.1. The van der Waals surface area contributed by atoms with Gasteiger partial charge in [-0.2, -0.15) is 13.2 Å². The molecule has 0 spiro atoms. The summed E-state index contributed by atoms with van der Waals surface area (Å²) >= 11 is 1.12. The summed E-state index contributed by atoms with van der Waals surface area (Å²) in [6.45, 7) is 0. The second-order valence-electron chi connectivity index (χ2n) is 4.63. The summed E-state index contributed by atoms with van der Waals surface area (Å²) in [6.07, 6.45) is -3.29. The largest absolute Gasteiger partial charge is 0.417 e. The number of nitrogens with one attached hydrogen (secondary N) is 1. The molecule has 9 heteroatoms. The van der Waals surface area contributed by atoms with E-state index in [2.05, 4.69) is 9.97 Å². The molecule has 1 aromatic carbocycles. The highest BCUT2D eigenvalue weighted by Crippen LogP contribution is 2.34. The average molecular weight is 339 g/mol. The molecule has 0 bridgehead atoms. The molecule has 2 heterocycles. The zero-order valence-corrected chi connectivity index (χ0v) is 12.1. The first-order valence-corrected chi connectivity index (χ1v) is 7.14. The van der Waals surface area contributed by atoms with Crippen LogP contribution in [0.5, 0.6) is 0 Å². The van der Waals surface area contributed by atoms with E-state index in [9.17, 15) is 22.8 Å². The van der Waals surface area contributed by atoms with Crippen molar-refractivity contribution in [3.8, 4) is 10.7 Å². The van der Waals surface area contributed by atoms with Gasteiger partial charge in [0.2, 0.25) is 5.43 Å². The lowest BCUT2D eigenvalue weighted by atomic mass is 10.0. The minimum Gasteiger partial charge on any atom is -0.365 e. The Bertz CT molecular complexity index is 962. The number of alkyl halides is 3. The van der Waals surface area contributed by atoms with Crippen LogP contribution >= 0.6 is 11.3 Å². The SMILES string of the molecule is NC(=O)c1c(-c2nccs2)[nH]c2cccc(C(F)(F)F)c2c1=O. The number of rotatable bonds is 2. The van der Waals surface area contributed by atoms with Gasteiger partial charge in [-0.05, 0) is 12.1 Å². The number of hydrogen-bond donors (Lipinski definition) is 2. The number of aromatic amines is 1. The van der Waals surface area contributed by atoms with Crippen molar-refractivity contribution >= 4 is 28.1 Å². The van der Waals surface area contributed by atoms with Crippen LogP contribution in [0, 0.1) is 0 Å². The summed E-state index contributed by atoms with van der Waals surface area (Å²) in [5.41, 5.74) is 2.46. The van der Waals surface area contributed by atoms with E-state index < -0.39 is 34.0 Å². The molecule has 0 aliphatic carbocycles. The number of benzene rings is 1. The number of carbonyl (C=O) groups is 1. The first kappa shape index (κ1) is 15.2. The summed E-state index contributed by atoms with van der Waals surface area (Å²) in [5.74, 6) is -1.12. The van der Waals surface area contributed by atoms with Gasteiger partial charge >= 0.3 is 6.18 Å². The van der Waals surface area contributed by atoms with Crippen LogP contribution in [-0.2, 0) is 6.18 Å². The minimum absolute atomic E-state index is 0.0179. The van der Waals surface area contributed by atoms with E-state index in [0.717, 1.165) is 17.4 Å². The third-order valence-corrected chi connectivity index (χ3v) is 4.02. The van der Waals surface area contributed by atoms with Gasteiger partial charge in [0.05, 0.1) is 22.2 Å². The molecule has 3 aromatic rings. The Kier molecular flexibility index (Phi) is 3.44. The zero-order valence-electron chi connectivity index (χ0n) is 11.3. The summed E-state index contributed by atoms with van der Waals surface area (Å²) in [7, 11) is 0. The number of nitrogens with zero attached hydrogens (tertiary/aromatic N) is 1. The molecule has 0 radical (unpaired) electrons. The van der Waals surface area contributed by atoms with Crippen molar-refractivity contribution in [2.75, 3.05) is 0 Å². The smallest absolute Gasteiger partial charge is 0.365 e. The Morgan fingerprint density at radius 1 is 1.30 bits per heavy atom. The van der Waals surface area contributed by atoms with E-state index >= 15 is 0 Å². The molecule has 3 rings (SSSR count). The predicted molar refractivity (Wildman–Crippen MR) is 79.2 cm³/mol. The summed E-state index contributed by atoms with van der Waals surface area (Å²) < 4.78 is 39.4. The number of amides is 1. The van der Waals surface area contributed by atoms with Crippen molar-refractivity contribution < 1.29 is 18.0 Å². The number of hydrogen-bond acceptors (Lipinski definition) is 4. The molecule has 2 aromatic heterocycles. The molecule has 0 atom stereocenters. The quantitative estimate of drug-likeness (QED) is 0.752. The first-order chi connectivity index (χ1) is 10.8. The normalized spacial score (nSPS) is 11.8. The Morgan fingerprint density at radius 2 is 2.04 bits per heavy atom. The predicted octanol–water partition coefficient (Wildman–Crippen LogP) is 2.77. The first-order valence-electron chi connectivity index (χ1n) is 6.26. The Labute approximate surface area is 130 Å². The van der Waals surface area contributed by atoms with Gasteiger partial charge in [-0.1, -0.05) is 6.07 Å². The van der Waals surface area contributed by atoms with E-state index in [0.29, 0.717) is 0 Å². The number of nitrogens with two attached hydrogens (primary N) is 1. The van der Waals surface area contributed by atoms with Gasteiger partial charge in [0.15, 0.2) is 0 Å². The van der Waals surface area contributed by atoms with Crippen molar-refractivity contribution in [1.82, 2.24) is 9.97 Å². The fourth-order valence-corrected chi connectivity index (χ4v) is 2.96. The van der Waals surface area contributed by atoms with Gasteiger partial charge in [-0.3, -0.25) is 9.59 Å². The van der Waals surface area contributed by atoms with Crippen LogP contribution in [0.1, 0.15) is 15.9 Å². The second-order valence-corrected chi connectivity index (χ2v) is 5.53. The number of primary amides is 1. The van der Waals surface area contributed by atoms with Gasteiger partial charge in [0, 0.05) is 11.6 Å². The Morgan fingerprint density at radius 3 is 2.61 bits per heavy atom. The van der Waals surface area contributed by atoms with Crippen LogP contribution < -0.4 is 11.2 Å². The van der Waals surface area contributed by atoms with Crippen molar-refractivity contribution in [2.24, 2.45) is 5.73 Å². The Hall–Kier alpha value is -2.68. The minimum atomic E-state index is -4.73. The maximum absolute atomic E-state index is 13.1. The van der Waals surface area contributed by atoms with Gasteiger partial charge in [-0.25, -0.2) is 4.98 Å². The van der Waals surface area contributed by atoms with E-state index in [-0.39, 0.29) is 16.2 Å². The topological polar surface area (TPSA) is 88.8 Å². The fourth-order valence-electron chi connectivity index (χ4n) is 2.32. The number of aromatic nitrogens is 2. The van der Waals surface area contributed by atoms with Crippen LogP contribution in [0.2, 0.25) is 0 Å². The molecule has 23 heavy (non-hydrogen) atoms. The molecule has 0 saturated carbocycles. The Balaban J connectivity index is 2.49. The molecular weight excluding hydrogens is 331 g/mol. The number of thiazole rings is 1. The van der Waals surface area contributed by atoms with E-state index in [4.69, 9.17) is 5.73 Å². The van der Waals surface area contributed by atoms with Crippen LogP contribution in [0.25, 0.3) is 21.6 Å². The summed E-state index contributed by atoms with van der Waals surface area (Å²) in [6, 6.07) is 3.29. The van der Waals surface area contributed by atoms with E-state index in [1.807, 2.05) is 0 Å². The molecule has 0 saturated heterocycles. The summed E-state index contributed by atoms with van der Waals surface area (Å²) in [5, 5.41) is 1.28. The monoisotopic (exact) mass is 339 g/mol. The molecule has 5 nitrogen and oxygen atoms in total. The maximum Gasteiger partial charge on any atom is 0.417 e. The highest BCUT2D eigenvalue weighted by Gasteiger charge is 2.34. The van der Waals surface area contributed by atoms with Crippen LogP contribution in [0.15, 0.2) is 34.6 Å². The average Bonchev–Trinajstić information content (AvgIpc) is 2.99. The lowest BCUT2D eigenvalue weighted by molar-refractivity contribution is -0.136. The van der Waals surface area contributed by atoms with Gasteiger partial charge < -0.3 is 10.7 Å². The molecule has 0 aliphatic rings. The molecular formula is C14H8F3N3O2S. The maximum atomic E-state index is 13.1. The second kappa shape index (κ2) is 5.20. The molecule has 0 unspecified atom stereocenters. The van der Waals surface area contributed by atoms with Gasteiger partial charge in [0.1, 0.15) is 10.6 Å². The third kappa shape index (κ3) is 2.48. The van der Waals surface area contributed by atoms with Gasteiger partial charge in [0.25, 0.3) is 5.91 Å². The fraction of sp³-hybridized carbons (Fsp3) is 0.0714. The zero-order chi connectivity index (χ0) is 16.8. The summed E-state index contributed by atoms with van der Waals surface area (Å²) in [4.78, 5) is 30.8. The number of carbonyl (C=O) groups excluding carboxylic acids is 1. The van der Waals surface area contributed by atoms with Crippen molar-refractivity contribution in [2.45, 2.75) is 6.18 Å². The number of halogens is 3. The van der Waals surface area contributed by atoms with E-state index in [1.54, 1.807) is 5.38 Å². The third-order valence-electron chi connectivity index (χ3n) is 3.23. The molecule has 3 N–H and O–H groups in total. The molecule has 118 valence electrons. The lowest BCUT2D eigenvalue weighted by Gasteiger charge is -2.12. The highest BCUT2D eigenvalue weighted by molar-refractivity contribution is 7.13. The van der Waals surface area contributed by atoms with Gasteiger partial charge in [-0.15, -0.1) is 11.3 Å². The number of H-pyrrole nitrogens is 1. The van der Waals surface area contributed by atoms with Crippen molar-refractivity contribution in [1.29, 1.82) is 0 Å². The van der Waals surface area contributed by atoms with Crippen molar-refractivity contribution in [3.63, 3.8) is 0 Å². The molecule has 1 amide bonds. The molecule has 0 aliphatic heterocycles. The number of pyridine rings is 1. The van der Waals surface area contributed by atoms with Crippen molar-refractivity contribution in [3.05, 3.63) is 51.1 Å². The molecule has 0 fully saturated rings. The standard InChI is InChI=1S/C14H8F3N3O2S/c15-14(16,17)6-2-1-3-7-8(6)11(21)9(12(18)22)10(20-7)13-19-4-5-23-13/h1-5H,(H2,18,22)(H,20,21). The van der Waals surface area contributed by atoms with Crippen LogP contribution in [0.4, 0.5) is 13.2 Å².